The minimum absolute atomic E-state index is 0.280. The monoisotopic (exact) mass is 331 g/mol. The third-order valence-corrected chi connectivity index (χ3v) is 5.19. The van der Waals surface area contributed by atoms with Crippen LogP contribution in [0.25, 0.3) is 0 Å². The Morgan fingerprint density at radius 2 is 1.92 bits per heavy atom. The fourth-order valence-corrected chi connectivity index (χ4v) is 3.43. The second-order valence-electron chi connectivity index (χ2n) is 7.78. The Bertz CT molecular complexity index is 507. The number of amides is 1. The maximum atomic E-state index is 13.4. The highest BCUT2D eigenvalue weighted by Crippen LogP contribution is 2.34. The maximum absolute atomic E-state index is 13.4. The van der Waals surface area contributed by atoms with E-state index in [9.17, 15) is 4.79 Å². The van der Waals surface area contributed by atoms with Crippen LogP contribution in [0.1, 0.15) is 32.3 Å². The van der Waals surface area contributed by atoms with E-state index in [1.807, 2.05) is 23.1 Å². The molecule has 1 aromatic carbocycles. The molecule has 134 valence electrons. The predicted molar refractivity (Wildman–Crippen MR) is 99.8 cm³/mol. The van der Waals surface area contributed by atoms with Gasteiger partial charge in [0.25, 0.3) is 0 Å². The number of likely N-dealkylation sites (N-methyl/N-ethyl adjacent to an activating group) is 1. The predicted octanol–water partition coefficient (Wildman–Crippen LogP) is 2.60. The summed E-state index contributed by atoms with van der Waals surface area (Å²) in [6, 6.07) is 10.3. The molecule has 0 spiro atoms. The lowest BCUT2D eigenvalue weighted by Gasteiger charge is -2.40. The Balaban J connectivity index is 2.12. The van der Waals surface area contributed by atoms with Gasteiger partial charge in [-0.2, -0.15) is 0 Å². The van der Waals surface area contributed by atoms with Gasteiger partial charge in [-0.1, -0.05) is 44.2 Å². The summed E-state index contributed by atoms with van der Waals surface area (Å²) in [7, 11) is 4.11. The van der Waals surface area contributed by atoms with Crippen molar-refractivity contribution in [3.8, 4) is 0 Å². The van der Waals surface area contributed by atoms with Gasteiger partial charge in [0.2, 0.25) is 5.91 Å². The molecule has 0 radical (unpaired) electrons. The van der Waals surface area contributed by atoms with Crippen LogP contribution in [0, 0.1) is 11.3 Å². The van der Waals surface area contributed by atoms with Crippen molar-refractivity contribution in [1.29, 1.82) is 0 Å². The van der Waals surface area contributed by atoms with Crippen molar-refractivity contribution >= 4 is 5.91 Å². The fourth-order valence-electron chi connectivity index (χ4n) is 3.43. The lowest BCUT2D eigenvalue weighted by Crippen LogP contribution is -2.49. The number of benzene rings is 1. The number of hydrogen-bond acceptors (Lipinski definition) is 3. The number of carbonyl (C=O) groups excluding carboxylic acids is 1. The zero-order valence-corrected chi connectivity index (χ0v) is 15.7. The first-order valence-electron chi connectivity index (χ1n) is 9.10. The van der Waals surface area contributed by atoms with E-state index in [4.69, 9.17) is 0 Å². The van der Waals surface area contributed by atoms with Crippen molar-refractivity contribution in [1.82, 2.24) is 15.1 Å². The zero-order chi connectivity index (χ0) is 17.6. The van der Waals surface area contributed by atoms with E-state index in [1.165, 1.54) is 5.56 Å². The highest BCUT2D eigenvalue weighted by molar-refractivity contribution is 5.82. The SMILES string of the molecule is CN(C)CCN(Cc1ccccc1)C(=O)C(C)(C)C1CCCNC1. The molecule has 1 unspecified atom stereocenters. The summed E-state index contributed by atoms with van der Waals surface area (Å²) in [6.07, 6.45) is 2.30. The van der Waals surface area contributed by atoms with Crippen LogP contribution in [-0.4, -0.2) is 56.0 Å². The molecule has 1 heterocycles. The molecule has 0 bridgehead atoms. The van der Waals surface area contributed by atoms with Gasteiger partial charge >= 0.3 is 0 Å². The number of carbonyl (C=O) groups is 1. The highest BCUT2D eigenvalue weighted by Gasteiger charge is 2.39. The summed E-state index contributed by atoms with van der Waals surface area (Å²) in [5.41, 5.74) is 0.872. The highest BCUT2D eigenvalue weighted by atomic mass is 16.2. The third-order valence-electron chi connectivity index (χ3n) is 5.19. The van der Waals surface area contributed by atoms with E-state index in [1.54, 1.807) is 0 Å². The molecule has 0 saturated carbocycles. The topological polar surface area (TPSA) is 35.6 Å². The summed E-state index contributed by atoms with van der Waals surface area (Å²) in [6.45, 7) is 8.63. The summed E-state index contributed by atoms with van der Waals surface area (Å²) in [5.74, 6) is 0.693. The molecule has 1 atom stereocenters. The van der Waals surface area contributed by atoms with Gasteiger partial charge in [-0.3, -0.25) is 4.79 Å². The van der Waals surface area contributed by atoms with E-state index in [0.717, 1.165) is 39.0 Å². The molecule has 0 aromatic heterocycles. The van der Waals surface area contributed by atoms with E-state index < -0.39 is 0 Å². The second-order valence-corrected chi connectivity index (χ2v) is 7.78. The van der Waals surface area contributed by atoms with Crippen molar-refractivity contribution in [2.75, 3.05) is 40.3 Å². The van der Waals surface area contributed by atoms with Crippen LogP contribution in [0.2, 0.25) is 0 Å². The van der Waals surface area contributed by atoms with Crippen molar-refractivity contribution in [2.24, 2.45) is 11.3 Å². The van der Waals surface area contributed by atoms with Crippen LogP contribution in [-0.2, 0) is 11.3 Å². The lowest BCUT2D eigenvalue weighted by molar-refractivity contribution is -0.144. The quantitative estimate of drug-likeness (QED) is 0.834. The Morgan fingerprint density at radius 1 is 1.21 bits per heavy atom. The fraction of sp³-hybridized carbons (Fsp3) is 0.650. The maximum Gasteiger partial charge on any atom is 0.228 e. The molecule has 1 saturated heterocycles. The standard InChI is InChI=1S/C20H33N3O/c1-20(2,18-11-8-12-21-15-18)19(24)23(14-13-22(3)4)16-17-9-6-5-7-10-17/h5-7,9-10,18,21H,8,11-16H2,1-4H3. The van der Waals surface area contributed by atoms with E-state index >= 15 is 0 Å². The number of nitrogens with zero attached hydrogens (tertiary/aromatic N) is 2. The molecule has 1 aliphatic heterocycles. The van der Waals surface area contributed by atoms with Gasteiger partial charge in [0, 0.05) is 25.0 Å². The third kappa shape index (κ3) is 5.05. The largest absolute Gasteiger partial charge is 0.337 e. The molecule has 1 aromatic rings. The molecular weight excluding hydrogens is 298 g/mol. The molecule has 2 rings (SSSR count). The number of nitrogens with one attached hydrogen (secondary N) is 1. The van der Waals surface area contributed by atoms with Gasteiger partial charge in [0.15, 0.2) is 0 Å². The molecule has 1 N–H and O–H groups in total. The number of hydrogen-bond donors (Lipinski definition) is 1. The van der Waals surface area contributed by atoms with Gasteiger partial charge in [-0.15, -0.1) is 0 Å². The van der Waals surface area contributed by atoms with Crippen LogP contribution < -0.4 is 5.32 Å². The Labute approximate surface area is 147 Å². The second kappa shape index (κ2) is 8.63. The van der Waals surface area contributed by atoms with Crippen LogP contribution in [0.3, 0.4) is 0 Å². The average molecular weight is 332 g/mol. The van der Waals surface area contributed by atoms with Gasteiger partial charge < -0.3 is 15.1 Å². The van der Waals surface area contributed by atoms with Gasteiger partial charge in [-0.05, 0) is 51.5 Å². The molecule has 1 aliphatic rings. The van der Waals surface area contributed by atoms with Crippen molar-refractivity contribution in [3.63, 3.8) is 0 Å². The molecule has 1 fully saturated rings. The first-order chi connectivity index (χ1) is 11.4. The summed E-state index contributed by atoms with van der Waals surface area (Å²) in [4.78, 5) is 17.5. The Kier molecular flexibility index (Phi) is 6.81. The van der Waals surface area contributed by atoms with E-state index in [-0.39, 0.29) is 11.3 Å². The molecule has 0 aliphatic carbocycles. The minimum atomic E-state index is -0.325. The van der Waals surface area contributed by atoms with Crippen LogP contribution in [0.15, 0.2) is 30.3 Å². The van der Waals surface area contributed by atoms with Gasteiger partial charge in [0.05, 0.1) is 0 Å². The average Bonchev–Trinajstić information content (AvgIpc) is 2.59. The smallest absolute Gasteiger partial charge is 0.228 e. The Hall–Kier alpha value is -1.39. The zero-order valence-electron chi connectivity index (χ0n) is 15.7. The normalized spacial score (nSPS) is 18.6. The van der Waals surface area contributed by atoms with E-state index in [2.05, 4.69) is 50.3 Å². The van der Waals surface area contributed by atoms with Crippen LogP contribution >= 0.6 is 0 Å². The van der Waals surface area contributed by atoms with Gasteiger partial charge in [-0.25, -0.2) is 0 Å². The molecular formula is C20H33N3O. The molecule has 4 heteroatoms. The lowest BCUT2D eigenvalue weighted by atomic mass is 9.74. The van der Waals surface area contributed by atoms with Crippen molar-refractivity contribution in [2.45, 2.75) is 33.2 Å². The first-order valence-corrected chi connectivity index (χ1v) is 9.10. The van der Waals surface area contributed by atoms with Gasteiger partial charge in [0.1, 0.15) is 0 Å². The van der Waals surface area contributed by atoms with Crippen LogP contribution in [0.4, 0.5) is 0 Å². The summed E-state index contributed by atoms with van der Waals surface area (Å²) < 4.78 is 0. The molecule has 1 amide bonds. The first kappa shape index (κ1) is 18.9. The summed E-state index contributed by atoms with van der Waals surface area (Å²) in [5, 5.41) is 3.46. The number of piperidine rings is 1. The van der Waals surface area contributed by atoms with Crippen LogP contribution in [0.5, 0.6) is 0 Å². The Morgan fingerprint density at radius 3 is 2.50 bits per heavy atom. The summed E-state index contributed by atoms with van der Waals surface area (Å²) >= 11 is 0. The van der Waals surface area contributed by atoms with Crippen molar-refractivity contribution in [3.05, 3.63) is 35.9 Å². The molecule has 24 heavy (non-hydrogen) atoms. The molecule has 4 nitrogen and oxygen atoms in total. The minimum Gasteiger partial charge on any atom is -0.337 e. The van der Waals surface area contributed by atoms with E-state index in [0.29, 0.717) is 12.5 Å². The van der Waals surface area contributed by atoms with Crippen molar-refractivity contribution < 1.29 is 4.79 Å². The number of rotatable bonds is 7.